The molecule has 14 heavy (non-hydrogen) atoms. The topological polar surface area (TPSA) is 29.1 Å². The lowest BCUT2D eigenvalue weighted by molar-refractivity contribution is -0.116. The molecule has 0 fully saturated rings. The first-order chi connectivity index (χ1) is 6.72. The molecule has 0 saturated carbocycles. The van der Waals surface area contributed by atoms with E-state index < -0.39 is 0 Å². The van der Waals surface area contributed by atoms with Gasteiger partial charge in [0.1, 0.15) is 0 Å². The molecule has 3 heteroatoms. The van der Waals surface area contributed by atoms with Crippen molar-refractivity contribution < 1.29 is 4.79 Å². The van der Waals surface area contributed by atoms with Gasteiger partial charge < -0.3 is 5.32 Å². The predicted octanol–water partition coefficient (Wildman–Crippen LogP) is 2.53. The molecule has 0 heterocycles. The van der Waals surface area contributed by atoms with Gasteiger partial charge in [-0.3, -0.25) is 4.79 Å². The van der Waals surface area contributed by atoms with Gasteiger partial charge in [-0.25, -0.2) is 0 Å². The lowest BCUT2D eigenvalue weighted by Crippen LogP contribution is -2.20. The quantitative estimate of drug-likeness (QED) is 0.762. The molecular weight excluding hydrogens is 198 g/mol. The van der Waals surface area contributed by atoms with Crippen molar-refractivity contribution in [1.29, 1.82) is 0 Å². The minimum atomic E-state index is -0.0903. The number of benzene rings is 1. The van der Waals surface area contributed by atoms with Crippen LogP contribution in [0, 0.1) is 0 Å². The smallest absolute Gasteiger partial charge is 0.243 e. The molecule has 2 nitrogen and oxygen atoms in total. The molecule has 0 radical (unpaired) electrons. The number of amides is 1. The van der Waals surface area contributed by atoms with Gasteiger partial charge in [0.05, 0.1) is 0 Å². The number of allylic oxidation sites excluding steroid dienone is 1. The highest BCUT2D eigenvalue weighted by Crippen LogP contribution is 2.09. The molecule has 0 aliphatic heterocycles. The van der Waals surface area contributed by atoms with Crippen molar-refractivity contribution in [2.75, 3.05) is 0 Å². The highest BCUT2D eigenvalue weighted by Gasteiger charge is 1.96. The van der Waals surface area contributed by atoms with Crippen LogP contribution in [-0.4, -0.2) is 5.91 Å². The Kier molecular flexibility index (Phi) is 4.20. The Morgan fingerprint density at radius 1 is 1.57 bits per heavy atom. The van der Waals surface area contributed by atoms with Gasteiger partial charge in [0.15, 0.2) is 0 Å². The van der Waals surface area contributed by atoms with Gasteiger partial charge >= 0.3 is 0 Å². The van der Waals surface area contributed by atoms with Gasteiger partial charge in [-0.1, -0.05) is 29.8 Å². The second kappa shape index (κ2) is 5.45. The minimum Gasteiger partial charge on any atom is -0.348 e. The molecular formula is C11H12ClNO. The molecule has 1 aromatic rings. The highest BCUT2D eigenvalue weighted by atomic mass is 35.5. The number of hydrogen-bond acceptors (Lipinski definition) is 1. The van der Waals surface area contributed by atoms with E-state index in [2.05, 4.69) is 5.32 Å². The summed E-state index contributed by atoms with van der Waals surface area (Å²) in [5, 5.41) is 3.43. The average Bonchev–Trinajstić information content (AvgIpc) is 2.15. The summed E-state index contributed by atoms with van der Waals surface area (Å²) in [5.41, 5.74) is 0.996. The van der Waals surface area contributed by atoms with Crippen molar-refractivity contribution in [3.63, 3.8) is 0 Å². The van der Waals surface area contributed by atoms with Gasteiger partial charge in [-0.2, -0.15) is 0 Å². The van der Waals surface area contributed by atoms with Crippen molar-refractivity contribution in [3.05, 3.63) is 47.0 Å². The van der Waals surface area contributed by atoms with E-state index in [0.717, 1.165) is 5.56 Å². The number of hydrogen-bond donors (Lipinski definition) is 1. The van der Waals surface area contributed by atoms with Crippen LogP contribution in [-0.2, 0) is 11.3 Å². The Hall–Kier alpha value is -1.28. The molecule has 0 atom stereocenters. The van der Waals surface area contributed by atoms with E-state index in [4.69, 9.17) is 11.6 Å². The zero-order chi connectivity index (χ0) is 10.4. The summed E-state index contributed by atoms with van der Waals surface area (Å²) >= 11 is 5.79. The molecule has 1 aromatic carbocycles. The third-order valence-corrected chi connectivity index (χ3v) is 1.91. The van der Waals surface area contributed by atoms with Crippen LogP contribution in [0.15, 0.2) is 36.4 Å². The van der Waals surface area contributed by atoms with E-state index in [1.807, 2.05) is 18.2 Å². The Balaban J connectivity index is 2.49. The van der Waals surface area contributed by atoms with E-state index >= 15 is 0 Å². The fourth-order valence-corrected chi connectivity index (χ4v) is 1.26. The SMILES string of the molecule is C/C=C/C(=O)NCc1cccc(Cl)c1. The predicted molar refractivity (Wildman–Crippen MR) is 58.1 cm³/mol. The maximum atomic E-state index is 11.1. The van der Waals surface area contributed by atoms with Gasteiger partial charge in [0.2, 0.25) is 5.91 Å². The first kappa shape index (κ1) is 10.8. The number of carbonyl (C=O) groups is 1. The van der Waals surface area contributed by atoms with Crippen LogP contribution in [0.5, 0.6) is 0 Å². The molecule has 0 bridgehead atoms. The van der Waals surface area contributed by atoms with Crippen LogP contribution in [0.4, 0.5) is 0 Å². The van der Waals surface area contributed by atoms with Crippen molar-refractivity contribution in [1.82, 2.24) is 5.32 Å². The van der Waals surface area contributed by atoms with Gasteiger partial charge in [0.25, 0.3) is 0 Å². The van der Waals surface area contributed by atoms with Crippen LogP contribution >= 0.6 is 11.6 Å². The van der Waals surface area contributed by atoms with Crippen molar-refractivity contribution in [2.45, 2.75) is 13.5 Å². The monoisotopic (exact) mass is 209 g/mol. The maximum Gasteiger partial charge on any atom is 0.243 e. The molecule has 0 saturated heterocycles. The first-order valence-electron chi connectivity index (χ1n) is 4.37. The average molecular weight is 210 g/mol. The summed E-state index contributed by atoms with van der Waals surface area (Å²) in [6.07, 6.45) is 3.19. The normalized spacial score (nSPS) is 10.4. The van der Waals surface area contributed by atoms with Crippen LogP contribution in [0.3, 0.4) is 0 Å². The Labute approximate surface area is 88.6 Å². The third kappa shape index (κ3) is 3.62. The number of carbonyl (C=O) groups excluding carboxylic acids is 1. The largest absolute Gasteiger partial charge is 0.348 e. The van der Waals surface area contributed by atoms with Crippen LogP contribution in [0.25, 0.3) is 0 Å². The summed E-state index contributed by atoms with van der Waals surface area (Å²) in [4.78, 5) is 11.1. The zero-order valence-electron chi connectivity index (χ0n) is 7.96. The molecule has 0 spiro atoms. The lowest BCUT2D eigenvalue weighted by atomic mass is 10.2. The van der Waals surface area contributed by atoms with Gasteiger partial charge in [-0.15, -0.1) is 0 Å². The highest BCUT2D eigenvalue weighted by molar-refractivity contribution is 6.30. The Bertz CT molecular complexity index is 347. The second-order valence-corrected chi connectivity index (χ2v) is 3.28. The van der Waals surface area contributed by atoms with Gasteiger partial charge in [0, 0.05) is 11.6 Å². The van der Waals surface area contributed by atoms with Gasteiger partial charge in [-0.05, 0) is 30.7 Å². The first-order valence-corrected chi connectivity index (χ1v) is 4.75. The number of rotatable bonds is 3. The molecule has 1 rings (SSSR count). The van der Waals surface area contributed by atoms with E-state index in [9.17, 15) is 4.79 Å². The molecule has 0 aromatic heterocycles. The minimum absolute atomic E-state index is 0.0903. The molecule has 0 aliphatic rings. The van der Waals surface area contributed by atoms with E-state index in [-0.39, 0.29) is 5.91 Å². The molecule has 0 unspecified atom stereocenters. The van der Waals surface area contributed by atoms with Crippen molar-refractivity contribution in [3.8, 4) is 0 Å². The standard InChI is InChI=1S/C11H12ClNO/c1-2-4-11(14)13-8-9-5-3-6-10(12)7-9/h2-7H,8H2,1H3,(H,13,14)/b4-2+. The summed E-state index contributed by atoms with van der Waals surface area (Å²) < 4.78 is 0. The van der Waals surface area contributed by atoms with E-state index in [1.165, 1.54) is 6.08 Å². The summed E-state index contributed by atoms with van der Waals surface area (Å²) in [6.45, 7) is 2.31. The third-order valence-electron chi connectivity index (χ3n) is 1.67. The van der Waals surface area contributed by atoms with Crippen LogP contribution in [0.1, 0.15) is 12.5 Å². The Morgan fingerprint density at radius 2 is 2.36 bits per heavy atom. The van der Waals surface area contributed by atoms with Crippen molar-refractivity contribution >= 4 is 17.5 Å². The Morgan fingerprint density at radius 3 is 3.00 bits per heavy atom. The van der Waals surface area contributed by atoms with E-state index in [1.54, 1.807) is 19.1 Å². The molecule has 74 valence electrons. The van der Waals surface area contributed by atoms with Crippen LogP contribution < -0.4 is 5.32 Å². The lowest BCUT2D eigenvalue weighted by Gasteiger charge is -2.02. The van der Waals surface area contributed by atoms with Crippen molar-refractivity contribution in [2.24, 2.45) is 0 Å². The summed E-state index contributed by atoms with van der Waals surface area (Å²) in [5.74, 6) is -0.0903. The summed E-state index contributed by atoms with van der Waals surface area (Å²) in [7, 11) is 0. The molecule has 1 N–H and O–H groups in total. The van der Waals surface area contributed by atoms with Crippen LogP contribution in [0.2, 0.25) is 5.02 Å². The summed E-state index contributed by atoms with van der Waals surface area (Å²) in [6, 6.07) is 7.41. The molecule has 0 aliphatic carbocycles. The number of nitrogens with one attached hydrogen (secondary N) is 1. The van der Waals surface area contributed by atoms with E-state index in [0.29, 0.717) is 11.6 Å². The molecule has 1 amide bonds. The fourth-order valence-electron chi connectivity index (χ4n) is 1.05. The second-order valence-electron chi connectivity index (χ2n) is 2.85. The number of halogens is 1. The zero-order valence-corrected chi connectivity index (χ0v) is 8.71. The maximum absolute atomic E-state index is 11.1. The fraction of sp³-hybridized carbons (Fsp3) is 0.182.